The number of hydrogen-bond donors (Lipinski definition) is 2. The van der Waals surface area contributed by atoms with Crippen LogP contribution >= 0.6 is 0 Å². The van der Waals surface area contributed by atoms with E-state index in [2.05, 4.69) is 5.32 Å². The van der Waals surface area contributed by atoms with Gasteiger partial charge in [0.15, 0.2) is 17.8 Å². The molecule has 130 valence electrons. The van der Waals surface area contributed by atoms with Crippen molar-refractivity contribution in [1.29, 1.82) is 0 Å². The first-order valence-electron chi connectivity index (χ1n) is 7.61. The number of alkyl carbamates (subject to hydrolysis) is 1. The standard InChI is InChI=1S/C19H19NO5/c1-24-18-11-16(12-21)15(10-17(18)22)8-5-9-20-19(23)25-13-14-6-3-2-4-7-14/h2-8,10-12,22H,9,13H2,1H3,(H,20,23). The highest BCUT2D eigenvalue weighted by Crippen LogP contribution is 2.29. The largest absolute Gasteiger partial charge is 0.504 e. The van der Waals surface area contributed by atoms with Gasteiger partial charge in [0.1, 0.15) is 6.61 Å². The number of phenols is 1. The van der Waals surface area contributed by atoms with Gasteiger partial charge in [0.05, 0.1) is 7.11 Å². The number of rotatable bonds is 7. The van der Waals surface area contributed by atoms with Crippen molar-refractivity contribution in [3.63, 3.8) is 0 Å². The second kappa shape index (κ2) is 9.12. The maximum Gasteiger partial charge on any atom is 0.407 e. The number of ether oxygens (including phenoxy) is 2. The van der Waals surface area contributed by atoms with Gasteiger partial charge < -0.3 is 19.9 Å². The third-order valence-corrected chi connectivity index (χ3v) is 3.39. The van der Waals surface area contributed by atoms with E-state index >= 15 is 0 Å². The first-order chi connectivity index (χ1) is 12.1. The molecule has 0 aliphatic rings. The Morgan fingerprint density at radius 2 is 1.96 bits per heavy atom. The lowest BCUT2D eigenvalue weighted by Crippen LogP contribution is -2.24. The van der Waals surface area contributed by atoms with Gasteiger partial charge in [-0.2, -0.15) is 0 Å². The third kappa shape index (κ3) is 5.39. The van der Waals surface area contributed by atoms with E-state index in [0.29, 0.717) is 17.4 Å². The van der Waals surface area contributed by atoms with Crippen molar-refractivity contribution in [2.75, 3.05) is 13.7 Å². The van der Waals surface area contributed by atoms with E-state index in [0.717, 1.165) is 5.56 Å². The van der Waals surface area contributed by atoms with E-state index in [9.17, 15) is 14.7 Å². The van der Waals surface area contributed by atoms with E-state index in [-0.39, 0.29) is 24.7 Å². The van der Waals surface area contributed by atoms with Gasteiger partial charge in [-0.05, 0) is 23.3 Å². The van der Waals surface area contributed by atoms with Gasteiger partial charge in [-0.15, -0.1) is 0 Å². The van der Waals surface area contributed by atoms with Crippen molar-refractivity contribution in [3.8, 4) is 11.5 Å². The zero-order valence-electron chi connectivity index (χ0n) is 13.8. The quantitative estimate of drug-likeness (QED) is 0.756. The zero-order valence-corrected chi connectivity index (χ0v) is 13.8. The Balaban J connectivity index is 1.85. The molecule has 0 saturated heterocycles. The topological polar surface area (TPSA) is 84.9 Å². The van der Waals surface area contributed by atoms with Gasteiger partial charge in [-0.1, -0.05) is 42.5 Å². The fourth-order valence-electron chi connectivity index (χ4n) is 2.11. The highest BCUT2D eigenvalue weighted by Gasteiger charge is 2.07. The number of amides is 1. The maximum absolute atomic E-state index is 11.6. The minimum Gasteiger partial charge on any atom is -0.504 e. The summed E-state index contributed by atoms with van der Waals surface area (Å²) in [6, 6.07) is 12.2. The summed E-state index contributed by atoms with van der Waals surface area (Å²) in [5, 5.41) is 12.3. The predicted octanol–water partition coefficient (Wildman–Crippen LogP) is 3.15. The SMILES string of the molecule is COc1cc(C=O)c(C=CCNC(=O)OCc2ccccc2)cc1O. The molecular weight excluding hydrogens is 322 g/mol. The fourth-order valence-corrected chi connectivity index (χ4v) is 2.11. The molecule has 2 rings (SSSR count). The lowest BCUT2D eigenvalue weighted by molar-refractivity contribution is 0.112. The van der Waals surface area contributed by atoms with E-state index in [4.69, 9.17) is 9.47 Å². The molecule has 0 atom stereocenters. The van der Waals surface area contributed by atoms with Crippen molar-refractivity contribution < 1.29 is 24.2 Å². The minimum absolute atomic E-state index is 0.0667. The van der Waals surface area contributed by atoms with Crippen LogP contribution in [0.1, 0.15) is 21.5 Å². The van der Waals surface area contributed by atoms with Crippen molar-refractivity contribution in [1.82, 2.24) is 5.32 Å². The Kier molecular flexibility index (Phi) is 6.59. The van der Waals surface area contributed by atoms with Crippen LogP contribution in [0.25, 0.3) is 6.08 Å². The molecule has 0 aromatic heterocycles. The Morgan fingerprint density at radius 3 is 2.64 bits per heavy atom. The van der Waals surface area contributed by atoms with Gasteiger partial charge in [-0.3, -0.25) is 4.79 Å². The van der Waals surface area contributed by atoms with Gasteiger partial charge in [0.2, 0.25) is 0 Å². The average molecular weight is 341 g/mol. The number of benzene rings is 2. The van der Waals surface area contributed by atoms with E-state index in [1.165, 1.54) is 19.2 Å². The monoisotopic (exact) mass is 341 g/mol. The lowest BCUT2D eigenvalue weighted by atomic mass is 10.1. The van der Waals surface area contributed by atoms with Crippen molar-refractivity contribution in [3.05, 3.63) is 65.2 Å². The minimum atomic E-state index is -0.540. The number of carbonyl (C=O) groups is 2. The highest BCUT2D eigenvalue weighted by molar-refractivity contribution is 5.83. The molecule has 1 amide bonds. The van der Waals surface area contributed by atoms with E-state index in [1.54, 1.807) is 12.2 Å². The Morgan fingerprint density at radius 1 is 1.20 bits per heavy atom. The summed E-state index contributed by atoms with van der Waals surface area (Å²) in [5.74, 6) is 0.157. The summed E-state index contributed by atoms with van der Waals surface area (Å²) >= 11 is 0. The molecule has 6 heteroatoms. The Labute approximate surface area is 145 Å². The summed E-state index contributed by atoms with van der Waals surface area (Å²) in [6.45, 7) is 0.413. The Hall–Kier alpha value is -3.28. The third-order valence-electron chi connectivity index (χ3n) is 3.39. The second-order valence-corrected chi connectivity index (χ2v) is 5.12. The molecule has 2 N–H and O–H groups in total. The number of methoxy groups -OCH3 is 1. The molecule has 0 aliphatic heterocycles. The Bertz CT molecular complexity index is 756. The predicted molar refractivity (Wildman–Crippen MR) is 93.7 cm³/mol. The summed E-state index contributed by atoms with van der Waals surface area (Å²) < 4.78 is 10.0. The lowest BCUT2D eigenvalue weighted by Gasteiger charge is -2.07. The van der Waals surface area contributed by atoms with Crippen LogP contribution in [-0.2, 0) is 11.3 Å². The summed E-state index contributed by atoms with van der Waals surface area (Å²) in [5.41, 5.74) is 1.79. The van der Waals surface area contributed by atoms with Crippen LogP contribution < -0.4 is 10.1 Å². The van der Waals surface area contributed by atoms with Gasteiger partial charge >= 0.3 is 6.09 Å². The average Bonchev–Trinajstić information content (AvgIpc) is 2.64. The first kappa shape index (κ1) is 18.1. The van der Waals surface area contributed by atoms with Crippen molar-refractivity contribution in [2.45, 2.75) is 6.61 Å². The normalized spacial score (nSPS) is 10.4. The molecule has 0 radical (unpaired) electrons. The van der Waals surface area contributed by atoms with Crippen LogP contribution in [0.2, 0.25) is 0 Å². The molecule has 0 bridgehead atoms. The molecule has 0 heterocycles. The number of phenolic OH excluding ortho intramolecular Hbond substituents is 1. The van der Waals surface area contributed by atoms with E-state index in [1.807, 2.05) is 30.3 Å². The molecule has 0 aliphatic carbocycles. The molecule has 0 spiro atoms. The molecular formula is C19H19NO5. The van der Waals surface area contributed by atoms with Gasteiger partial charge in [-0.25, -0.2) is 4.79 Å². The molecule has 0 unspecified atom stereocenters. The zero-order chi connectivity index (χ0) is 18.1. The molecule has 6 nitrogen and oxygen atoms in total. The maximum atomic E-state index is 11.6. The summed E-state index contributed by atoms with van der Waals surface area (Å²) in [6.07, 6.45) is 3.41. The van der Waals surface area contributed by atoms with Crippen molar-refractivity contribution in [2.24, 2.45) is 0 Å². The second-order valence-electron chi connectivity index (χ2n) is 5.12. The van der Waals surface area contributed by atoms with Crippen LogP contribution in [-0.4, -0.2) is 31.1 Å². The number of aromatic hydroxyl groups is 1. The van der Waals surface area contributed by atoms with Crippen molar-refractivity contribution >= 4 is 18.5 Å². The number of carbonyl (C=O) groups excluding carboxylic acids is 2. The molecule has 0 saturated carbocycles. The highest BCUT2D eigenvalue weighted by atomic mass is 16.5. The number of hydrogen-bond acceptors (Lipinski definition) is 5. The number of nitrogens with one attached hydrogen (secondary N) is 1. The first-order valence-corrected chi connectivity index (χ1v) is 7.61. The van der Waals surface area contributed by atoms with Crippen LogP contribution in [0.15, 0.2) is 48.5 Å². The van der Waals surface area contributed by atoms with Gasteiger partial charge in [0.25, 0.3) is 0 Å². The van der Waals surface area contributed by atoms with Crippen LogP contribution in [0.5, 0.6) is 11.5 Å². The number of aldehydes is 1. The van der Waals surface area contributed by atoms with Crippen LogP contribution in [0.4, 0.5) is 4.79 Å². The molecule has 25 heavy (non-hydrogen) atoms. The smallest absolute Gasteiger partial charge is 0.407 e. The molecule has 2 aromatic rings. The summed E-state index contributed by atoms with van der Waals surface area (Å²) in [7, 11) is 1.41. The van der Waals surface area contributed by atoms with Crippen LogP contribution in [0.3, 0.4) is 0 Å². The summed E-state index contributed by atoms with van der Waals surface area (Å²) in [4.78, 5) is 22.7. The molecule has 0 fully saturated rings. The van der Waals surface area contributed by atoms with E-state index < -0.39 is 6.09 Å². The fraction of sp³-hybridized carbons (Fsp3) is 0.158. The molecule has 2 aromatic carbocycles. The van der Waals surface area contributed by atoms with Gasteiger partial charge in [0, 0.05) is 12.1 Å². The van der Waals surface area contributed by atoms with Crippen LogP contribution in [0, 0.1) is 0 Å².